The van der Waals surface area contributed by atoms with Gasteiger partial charge in [-0.15, -0.1) is 24.8 Å². The smallest absolute Gasteiger partial charge is 0.220 e. The highest BCUT2D eigenvalue weighted by atomic mass is 35.5. The molecule has 26 heavy (non-hydrogen) atoms. The molecular weight excluding hydrogens is 373 g/mol. The van der Waals surface area contributed by atoms with E-state index in [0.29, 0.717) is 18.8 Å². The summed E-state index contributed by atoms with van der Waals surface area (Å²) in [6, 6.07) is 13.2. The minimum absolute atomic E-state index is 0. The van der Waals surface area contributed by atoms with E-state index in [-0.39, 0.29) is 30.7 Å². The topological polar surface area (TPSA) is 77.2 Å². The van der Waals surface area contributed by atoms with Gasteiger partial charge in [-0.05, 0) is 37.1 Å². The van der Waals surface area contributed by atoms with Gasteiger partial charge in [0.15, 0.2) is 0 Å². The molecule has 2 aromatic rings. The Kier molecular flexibility index (Phi) is 13.4. The number of carbonyl (C=O) groups is 1. The van der Waals surface area contributed by atoms with Crippen molar-refractivity contribution in [2.24, 2.45) is 5.73 Å². The van der Waals surface area contributed by atoms with Crippen LogP contribution in [-0.4, -0.2) is 17.4 Å². The van der Waals surface area contributed by atoms with Gasteiger partial charge in [0.1, 0.15) is 5.75 Å². The Bertz CT molecular complexity index is 610. The van der Waals surface area contributed by atoms with Crippen molar-refractivity contribution in [2.75, 3.05) is 6.54 Å². The van der Waals surface area contributed by atoms with E-state index in [4.69, 9.17) is 10.5 Å². The maximum Gasteiger partial charge on any atom is 0.220 e. The zero-order valence-electron chi connectivity index (χ0n) is 14.7. The van der Waals surface area contributed by atoms with Crippen LogP contribution in [0.2, 0.25) is 0 Å². The lowest BCUT2D eigenvalue weighted by Crippen LogP contribution is -2.22. The molecule has 0 bridgehead atoms. The van der Waals surface area contributed by atoms with Crippen LogP contribution in [0.3, 0.4) is 0 Å². The fourth-order valence-electron chi connectivity index (χ4n) is 2.26. The normalized spacial score (nSPS) is 9.58. The van der Waals surface area contributed by atoms with Gasteiger partial charge in [-0.2, -0.15) is 0 Å². The number of halogens is 2. The van der Waals surface area contributed by atoms with Crippen molar-refractivity contribution in [3.8, 4) is 11.6 Å². The Balaban J connectivity index is 0.00000312. The average Bonchev–Trinajstić information content (AvgIpc) is 2.62. The lowest BCUT2D eigenvalue weighted by Gasteiger charge is -2.07. The number of nitrogens with two attached hydrogens (primary N) is 1. The van der Waals surface area contributed by atoms with E-state index in [0.717, 1.165) is 43.5 Å². The number of carbonyl (C=O) groups excluding carboxylic acids is 1. The Morgan fingerprint density at radius 1 is 1.00 bits per heavy atom. The molecule has 1 aromatic carbocycles. The van der Waals surface area contributed by atoms with Gasteiger partial charge in [-0.3, -0.25) is 4.79 Å². The Morgan fingerprint density at radius 3 is 2.38 bits per heavy atom. The van der Waals surface area contributed by atoms with Crippen LogP contribution in [0.4, 0.5) is 0 Å². The Hall–Kier alpha value is -1.82. The number of rotatable bonds is 10. The van der Waals surface area contributed by atoms with Gasteiger partial charge in [0.05, 0.1) is 0 Å². The van der Waals surface area contributed by atoms with Gasteiger partial charge in [0.25, 0.3) is 0 Å². The monoisotopic (exact) mass is 399 g/mol. The number of unbranched alkanes of at least 4 members (excludes halogenated alkanes) is 3. The van der Waals surface area contributed by atoms with Crippen molar-refractivity contribution in [1.29, 1.82) is 0 Å². The molecule has 0 saturated carbocycles. The predicted octanol–water partition coefficient (Wildman–Crippen LogP) is 4.24. The third kappa shape index (κ3) is 9.61. The number of amides is 1. The van der Waals surface area contributed by atoms with Crippen molar-refractivity contribution in [2.45, 2.75) is 38.6 Å². The van der Waals surface area contributed by atoms with E-state index in [1.807, 2.05) is 36.4 Å². The number of nitrogens with one attached hydrogen (secondary N) is 1. The Labute approximate surface area is 167 Å². The number of aromatic nitrogens is 1. The van der Waals surface area contributed by atoms with Crippen LogP contribution in [0, 0.1) is 0 Å². The molecule has 0 aliphatic carbocycles. The first kappa shape index (κ1) is 24.2. The largest absolute Gasteiger partial charge is 0.439 e. The molecule has 0 atom stereocenters. The molecule has 5 nitrogen and oxygen atoms in total. The summed E-state index contributed by atoms with van der Waals surface area (Å²) in [6.45, 7) is 1.21. The molecule has 1 aromatic heterocycles. The maximum absolute atomic E-state index is 11.8. The minimum Gasteiger partial charge on any atom is -0.439 e. The van der Waals surface area contributed by atoms with Crippen molar-refractivity contribution < 1.29 is 9.53 Å². The number of nitrogens with zero attached hydrogens (tertiary/aromatic N) is 1. The molecule has 0 aliphatic rings. The summed E-state index contributed by atoms with van der Waals surface area (Å²) >= 11 is 0. The highest BCUT2D eigenvalue weighted by Crippen LogP contribution is 2.18. The second-order valence-electron chi connectivity index (χ2n) is 5.65. The first-order chi connectivity index (χ1) is 11.8. The number of pyridine rings is 1. The maximum atomic E-state index is 11.8. The van der Waals surface area contributed by atoms with Gasteiger partial charge in [0, 0.05) is 25.2 Å². The van der Waals surface area contributed by atoms with Crippen LogP contribution in [0.15, 0.2) is 48.7 Å². The SMILES string of the molecule is Cl.Cl.NCCCCCCC(=O)NCc1ccc(Oc2ccccc2)nc1. The molecule has 0 aliphatic heterocycles. The number of para-hydroxylation sites is 1. The second kappa shape index (κ2) is 14.4. The molecule has 0 spiro atoms. The van der Waals surface area contributed by atoms with E-state index in [1.54, 1.807) is 12.3 Å². The van der Waals surface area contributed by atoms with Crippen LogP contribution in [-0.2, 0) is 11.3 Å². The van der Waals surface area contributed by atoms with E-state index in [9.17, 15) is 4.79 Å². The van der Waals surface area contributed by atoms with Crippen LogP contribution in [0.25, 0.3) is 0 Å². The molecule has 0 fully saturated rings. The number of ether oxygens (including phenoxy) is 1. The minimum atomic E-state index is 0. The predicted molar refractivity (Wildman–Crippen MR) is 109 cm³/mol. The van der Waals surface area contributed by atoms with E-state index < -0.39 is 0 Å². The van der Waals surface area contributed by atoms with Gasteiger partial charge in [0.2, 0.25) is 11.8 Å². The van der Waals surface area contributed by atoms with Gasteiger partial charge >= 0.3 is 0 Å². The van der Waals surface area contributed by atoms with Crippen LogP contribution in [0.1, 0.15) is 37.7 Å². The summed E-state index contributed by atoms with van der Waals surface area (Å²) in [4.78, 5) is 16.0. The fourth-order valence-corrected chi connectivity index (χ4v) is 2.26. The van der Waals surface area contributed by atoms with Crippen molar-refractivity contribution in [1.82, 2.24) is 10.3 Å². The molecular formula is C19H27Cl2N3O2. The zero-order chi connectivity index (χ0) is 17.0. The van der Waals surface area contributed by atoms with Crippen molar-refractivity contribution >= 4 is 30.7 Å². The van der Waals surface area contributed by atoms with E-state index >= 15 is 0 Å². The summed E-state index contributed by atoms with van der Waals surface area (Å²) < 4.78 is 5.64. The molecule has 1 heterocycles. The molecule has 7 heteroatoms. The summed E-state index contributed by atoms with van der Waals surface area (Å²) in [5, 5.41) is 2.91. The summed E-state index contributed by atoms with van der Waals surface area (Å²) in [5.74, 6) is 1.37. The van der Waals surface area contributed by atoms with Crippen LogP contribution < -0.4 is 15.8 Å². The lowest BCUT2D eigenvalue weighted by molar-refractivity contribution is -0.121. The molecule has 0 unspecified atom stereocenters. The molecule has 0 saturated heterocycles. The van der Waals surface area contributed by atoms with Crippen molar-refractivity contribution in [3.05, 3.63) is 54.2 Å². The van der Waals surface area contributed by atoms with Crippen LogP contribution >= 0.6 is 24.8 Å². The lowest BCUT2D eigenvalue weighted by atomic mass is 10.1. The third-order valence-corrected chi connectivity index (χ3v) is 3.61. The van der Waals surface area contributed by atoms with E-state index in [2.05, 4.69) is 10.3 Å². The molecule has 0 radical (unpaired) electrons. The highest BCUT2D eigenvalue weighted by molar-refractivity contribution is 5.85. The summed E-state index contributed by atoms with van der Waals surface area (Å²) in [6.07, 6.45) is 6.37. The van der Waals surface area contributed by atoms with Crippen LogP contribution in [0.5, 0.6) is 11.6 Å². The van der Waals surface area contributed by atoms with Gasteiger partial charge < -0.3 is 15.8 Å². The van der Waals surface area contributed by atoms with Gasteiger partial charge in [-0.25, -0.2) is 4.98 Å². The molecule has 2 rings (SSSR count). The standard InChI is InChI=1S/C19H25N3O2.2ClH/c20-13-7-2-1-6-10-18(23)21-14-16-11-12-19(22-15-16)24-17-8-4-3-5-9-17;;/h3-5,8-9,11-12,15H,1-2,6-7,10,13-14,20H2,(H,21,23);2*1H. The number of hydrogen-bond acceptors (Lipinski definition) is 4. The molecule has 3 N–H and O–H groups in total. The fraction of sp³-hybridized carbons (Fsp3) is 0.368. The highest BCUT2D eigenvalue weighted by Gasteiger charge is 2.03. The summed E-state index contributed by atoms with van der Waals surface area (Å²) in [5.41, 5.74) is 6.39. The molecule has 1 amide bonds. The number of hydrogen-bond donors (Lipinski definition) is 2. The van der Waals surface area contributed by atoms with Crippen molar-refractivity contribution in [3.63, 3.8) is 0 Å². The third-order valence-electron chi connectivity index (χ3n) is 3.61. The first-order valence-corrected chi connectivity index (χ1v) is 8.42. The first-order valence-electron chi connectivity index (χ1n) is 8.42. The zero-order valence-corrected chi connectivity index (χ0v) is 16.4. The Morgan fingerprint density at radius 2 is 1.73 bits per heavy atom. The van der Waals surface area contributed by atoms with E-state index in [1.165, 1.54) is 0 Å². The second-order valence-corrected chi connectivity index (χ2v) is 5.65. The average molecular weight is 400 g/mol. The quantitative estimate of drug-likeness (QED) is 0.585. The number of benzene rings is 1. The van der Waals surface area contributed by atoms with Gasteiger partial charge in [-0.1, -0.05) is 37.1 Å². The molecule has 144 valence electrons. The summed E-state index contributed by atoms with van der Waals surface area (Å²) in [7, 11) is 0.